The van der Waals surface area contributed by atoms with Crippen molar-refractivity contribution in [3.8, 4) is 5.75 Å². The summed E-state index contributed by atoms with van der Waals surface area (Å²) in [6.45, 7) is 2.64. The summed E-state index contributed by atoms with van der Waals surface area (Å²) in [6, 6.07) is 15.7. The molecule has 1 aromatic heterocycles. The van der Waals surface area contributed by atoms with Crippen LogP contribution in [-0.2, 0) is 6.54 Å². The van der Waals surface area contributed by atoms with E-state index in [2.05, 4.69) is 19.1 Å². The number of fused-ring (bicyclic) bond motifs is 1. The van der Waals surface area contributed by atoms with E-state index in [1.165, 1.54) is 5.56 Å². The van der Waals surface area contributed by atoms with Gasteiger partial charge >= 0.3 is 0 Å². The summed E-state index contributed by atoms with van der Waals surface area (Å²) in [6.07, 6.45) is 1.85. The number of rotatable bonds is 3. The molecule has 2 aromatic carbocycles. The van der Waals surface area contributed by atoms with E-state index in [4.69, 9.17) is 4.74 Å². The molecule has 3 heteroatoms. The van der Waals surface area contributed by atoms with Gasteiger partial charge in [0.25, 0.3) is 5.56 Å². The van der Waals surface area contributed by atoms with E-state index < -0.39 is 0 Å². The topological polar surface area (TPSA) is 31.2 Å². The van der Waals surface area contributed by atoms with Crippen LogP contribution >= 0.6 is 0 Å². The van der Waals surface area contributed by atoms with Crippen molar-refractivity contribution in [2.45, 2.75) is 13.5 Å². The summed E-state index contributed by atoms with van der Waals surface area (Å²) in [4.78, 5) is 12.6. The normalized spacial score (nSPS) is 10.8. The van der Waals surface area contributed by atoms with E-state index in [1.807, 2.05) is 36.5 Å². The molecule has 1 heterocycles. The van der Waals surface area contributed by atoms with E-state index >= 15 is 0 Å². The average molecular weight is 279 g/mol. The largest absolute Gasteiger partial charge is 0.497 e. The van der Waals surface area contributed by atoms with Crippen LogP contribution < -0.4 is 10.3 Å². The summed E-state index contributed by atoms with van der Waals surface area (Å²) in [7, 11) is 1.61. The van der Waals surface area contributed by atoms with Crippen LogP contribution in [0.4, 0.5) is 0 Å². The zero-order valence-electron chi connectivity index (χ0n) is 12.2. The molecule has 0 spiro atoms. The zero-order chi connectivity index (χ0) is 14.8. The third-order valence-electron chi connectivity index (χ3n) is 3.79. The van der Waals surface area contributed by atoms with Gasteiger partial charge in [0.05, 0.1) is 19.0 Å². The van der Waals surface area contributed by atoms with Gasteiger partial charge in [-0.25, -0.2) is 0 Å². The van der Waals surface area contributed by atoms with Crippen molar-refractivity contribution < 1.29 is 4.74 Å². The van der Waals surface area contributed by atoms with Crippen LogP contribution in [0.3, 0.4) is 0 Å². The highest BCUT2D eigenvalue weighted by Crippen LogP contribution is 2.18. The predicted molar refractivity (Wildman–Crippen MR) is 85.0 cm³/mol. The molecule has 21 heavy (non-hydrogen) atoms. The second-order valence-electron chi connectivity index (χ2n) is 5.13. The molecule has 0 saturated carbocycles. The van der Waals surface area contributed by atoms with E-state index in [0.29, 0.717) is 17.7 Å². The van der Waals surface area contributed by atoms with Crippen molar-refractivity contribution in [2.24, 2.45) is 0 Å². The first-order valence-electron chi connectivity index (χ1n) is 6.91. The second-order valence-corrected chi connectivity index (χ2v) is 5.13. The van der Waals surface area contributed by atoms with Crippen LogP contribution in [0.2, 0.25) is 0 Å². The Balaban J connectivity index is 2.10. The SMILES string of the molecule is COc1ccc2ccn(Cc3ccccc3C)c(=O)c2c1. The molecule has 0 N–H and O–H groups in total. The number of benzene rings is 2. The van der Waals surface area contributed by atoms with Gasteiger partial charge in [-0.2, -0.15) is 0 Å². The van der Waals surface area contributed by atoms with Gasteiger partial charge in [0, 0.05) is 6.20 Å². The number of hydrogen-bond donors (Lipinski definition) is 0. The summed E-state index contributed by atoms with van der Waals surface area (Å²) in [5.41, 5.74) is 2.35. The van der Waals surface area contributed by atoms with Gasteiger partial charge in [0.2, 0.25) is 0 Å². The average Bonchev–Trinajstić information content (AvgIpc) is 2.52. The molecule has 0 unspecified atom stereocenters. The van der Waals surface area contributed by atoms with Crippen LogP contribution in [-0.4, -0.2) is 11.7 Å². The Hall–Kier alpha value is -2.55. The van der Waals surface area contributed by atoms with E-state index in [-0.39, 0.29) is 5.56 Å². The third-order valence-corrected chi connectivity index (χ3v) is 3.79. The monoisotopic (exact) mass is 279 g/mol. The smallest absolute Gasteiger partial charge is 0.258 e. The van der Waals surface area contributed by atoms with Gasteiger partial charge in [0.1, 0.15) is 5.75 Å². The number of nitrogens with zero attached hydrogens (tertiary/aromatic N) is 1. The molecule has 106 valence electrons. The lowest BCUT2D eigenvalue weighted by molar-refractivity contribution is 0.415. The molecule has 3 rings (SSSR count). The summed E-state index contributed by atoms with van der Waals surface area (Å²) in [5.74, 6) is 0.702. The summed E-state index contributed by atoms with van der Waals surface area (Å²) >= 11 is 0. The lowest BCUT2D eigenvalue weighted by Gasteiger charge is -2.10. The maximum absolute atomic E-state index is 12.6. The number of pyridine rings is 1. The van der Waals surface area contributed by atoms with Gasteiger partial charge < -0.3 is 9.30 Å². The van der Waals surface area contributed by atoms with Gasteiger partial charge in [-0.1, -0.05) is 30.3 Å². The fourth-order valence-electron chi connectivity index (χ4n) is 2.48. The molecule has 0 aliphatic rings. The molecule has 0 amide bonds. The van der Waals surface area contributed by atoms with E-state index in [0.717, 1.165) is 10.9 Å². The van der Waals surface area contributed by atoms with Crippen molar-refractivity contribution in [3.05, 3.63) is 76.2 Å². The first-order chi connectivity index (χ1) is 10.2. The van der Waals surface area contributed by atoms with Crippen molar-refractivity contribution in [1.29, 1.82) is 0 Å². The first kappa shape index (κ1) is 13.4. The molecule has 3 nitrogen and oxygen atoms in total. The standard InChI is InChI=1S/C18H17NO2/c1-13-5-3-4-6-15(13)12-19-10-9-14-7-8-16(21-2)11-17(14)18(19)20/h3-11H,12H2,1-2H3. The maximum Gasteiger partial charge on any atom is 0.258 e. The molecule has 3 aromatic rings. The third kappa shape index (κ3) is 2.55. The fraction of sp³-hybridized carbons (Fsp3) is 0.167. The molecule has 0 fully saturated rings. The number of hydrogen-bond acceptors (Lipinski definition) is 2. The van der Waals surface area contributed by atoms with Gasteiger partial charge in [0.15, 0.2) is 0 Å². The Kier molecular flexibility index (Phi) is 3.48. The quantitative estimate of drug-likeness (QED) is 0.736. The zero-order valence-corrected chi connectivity index (χ0v) is 12.2. The number of aryl methyl sites for hydroxylation is 1. The van der Waals surface area contributed by atoms with Crippen LogP contribution in [0.5, 0.6) is 5.75 Å². The Morgan fingerprint density at radius 2 is 1.90 bits per heavy atom. The van der Waals surface area contributed by atoms with Crippen molar-refractivity contribution in [2.75, 3.05) is 7.11 Å². The molecule has 0 atom stereocenters. The van der Waals surface area contributed by atoms with Crippen LogP contribution in [0.25, 0.3) is 10.8 Å². The van der Waals surface area contributed by atoms with Crippen molar-refractivity contribution >= 4 is 10.8 Å². The molecule has 0 aliphatic carbocycles. The van der Waals surface area contributed by atoms with Crippen LogP contribution in [0.15, 0.2) is 59.5 Å². The molecule has 0 bridgehead atoms. The number of ether oxygens (including phenoxy) is 1. The van der Waals surface area contributed by atoms with Crippen molar-refractivity contribution in [1.82, 2.24) is 4.57 Å². The van der Waals surface area contributed by atoms with E-state index in [1.54, 1.807) is 17.7 Å². The molecule has 0 radical (unpaired) electrons. The van der Waals surface area contributed by atoms with Crippen LogP contribution in [0.1, 0.15) is 11.1 Å². The minimum atomic E-state index is 0.00894. The number of aromatic nitrogens is 1. The molecule has 0 saturated heterocycles. The van der Waals surface area contributed by atoms with E-state index in [9.17, 15) is 4.79 Å². The van der Waals surface area contributed by atoms with Gasteiger partial charge in [-0.15, -0.1) is 0 Å². The Morgan fingerprint density at radius 1 is 1.10 bits per heavy atom. The van der Waals surface area contributed by atoms with Gasteiger partial charge in [-0.3, -0.25) is 4.79 Å². The minimum Gasteiger partial charge on any atom is -0.497 e. The van der Waals surface area contributed by atoms with Crippen molar-refractivity contribution in [3.63, 3.8) is 0 Å². The maximum atomic E-state index is 12.6. The Morgan fingerprint density at radius 3 is 2.67 bits per heavy atom. The Labute approximate surface area is 123 Å². The number of methoxy groups -OCH3 is 1. The lowest BCUT2D eigenvalue weighted by Crippen LogP contribution is -2.20. The summed E-state index contributed by atoms with van der Waals surface area (Å²) < 4.78 is 6.95. The molecular weight excluding hydrogens is 262 g/mol. The lowest BCUT2D eigenvalue weighted by atomic mass is 10.1. The highest BCUT2D eigenvalue weighted by atomic mass is 16.5. The highest BCUT2D eigenvalue weighted by Gasteiger charge is 2.06. The molecular formula is C18H17NO2. The fourth-order valence-corrected chi connectivity index (χ4v) is 2.48. The minimum absolute atomic E-state index is 0.00894. The first-order valence-corrected chi connectivity index (χ1v) is 6.91. The van der Waals surface area contributed by atoms with Crippen LogP contribution in [0, 0.1) is 6.92 Å². The van der Waals surface area contributed by atoms with Gasteiger partial charge in [-0.05, 0) is 41.6 Å². The summed E-state index contributed by atoms with van der Waals surface area (Å²) in [5, 5.41) is 1.62. The highest BCUT2D eigenvalue weighted by molar-refractivity contribution is 5.82. The Bertz CT molecular complexity index is 849. The molecule has 0 aliphatic heterocycles. The predicted octanol–water partition coefficient (Wildman–Crippen LogP) is 3.37. The second kappa shape index (κ2) is 5.44.